The van der Waals surface area contributed by atoms with Gasteiger partial charge in [0.25, 0.3) is 0 Å². The van der Waals surface area contributed by atoms with Crippen molar-refractivity contribution in [2.75, 3.05) is 21.3 Å². The van der Waals surface area contributed by atoms with Gasteiger partial charge in [0.2, 0.25) is 5.75 Å². The van der Waals surface area contributed by atoms with Crippen molar-refractivity contribution in [2.45, 2.75) is 5.92 Å². The molecule has 0 aromatic heterocycles. The van der Waals surface area contributed by atoms with Crippen LogP contribution in [-0.4, -0.2) is 27.2 Å². The van der Waals surface area contributed by atoms with Crippen molar-refractivity contribution in [2.24, 2.45) is 16.6 Å². The maximum absolute atomic E-state index is 9.67. The second-order valence-electron chi connectivity index (χ2n) is 5.64. The molecular formula is C19H19N3O3. The summed E-state index contributed by atoms with van der Waals surface area (Å²) < 4.78 is 16.3. The SMILES string of the molecule is COc1cc(C2c3ccccc3N=C(N)C2C#N)cc(OC)c1OC. The summed E-state index contributed by atoms with van der Waals surface area (Å²) in [5.74, 6) is 1.04. The molecule has 2 atom stereocenters. The predicted molar refractivity (Wildman–Crippen MR) is 94.8 cm³/mol. The summed E-state index contributed by atoms with van der Waals surface area (Å²) in [5, 5.41) is 9.67. The molecule has 0 radical (unpaired) electrons. The molecule has 1 aliphatic rings. The number of para-hydroxylation sites is 1. The quantitative estimate of drug-likeness (QED) is 0.926. The fourth-order valence-corrected chi connectivity index (χ4v) is 3.20. The van der Waals surface area contributed by atoms with Crippen LogP contribution in [-0.2, 0) is 0 Å². The number of fused-ring (bicyclic) bond motifs is 1. The molecular weight excluding hydrogens is 318 g/mol. The maximum atomic E-state index is 9.67. The Morgan fingerprint density at radius 3 is 2.24 bits per heavy atom. The Balaban J connectivity index is 2.24. The van der Waals surface area contributed by atoms with Gasteiger partial charge in [0.1, 0.15) is 11.8 Å². The predicted octanol–water partition coefficient (Wildman–Crippen LogP) is 2.99. The molecule has 0 spiro atoms. The zero-order valence-electron chi connectivity index (χ0n) is 14.3. The zero-order valence-corrected chi connectivity index (χ0v) is 14.3. The molecule has 3 rings (SSSR count). The molecule has 25 heavy (non-hydrogen) atoms. The van der Waals surface area contributed by atoms with Gasteiger partial charge in [-0.1, -0.05) is 18.2 Å². The molecule has 0 fully saturated rings. The molecule has 1 aliphatic heterocycles. The molecule has 0 saturated carbocycles. The van der Waals surface area contributed by atoms with E-state index in [2.05, 4.69) is 11.1 Å². The van der Waals surface area contributed by atoms with Gasteiger partial charge in [-0.3, -0.25) is 0 Å². The maximum Gasteiger partial charge on any atom is 0.203 e. The topological polar surface area (TPSA) is 89.9 Å². The van der Waals surface area contributed by atoms with E-state index in [-0.39, 0.29) is 5.92 Å². The Bertz CT molecular complexity index is 845. The molecule has 2 aromatic rings. The fourth-order valence-electron chi connectivity index (χ4n) is 3.20. The number of hydrogen-bond acceptors (Lipinski definition) is 6. The molecule has 0 amide bonds. The molecule has 6 nitrogen and oxygen atoms in total. The van der Waals surface area contributed by atoms with Gasteiger partial charge < -0.3 is 19.9 Å². The number of hydrogen-bond donors (Lipinski definition) is 1. The number of amidine groups is 1. The van der Waals surface area contributed by atoms with Crippen molar-refractivity contribution in [1.29, 1.82) is 5.26 Å². The van der Waals surface area contributed by atoms with Gasteiger partial charge in [-0.05, 0) is 29.3 Å². The van der Waals surface area contributed by atoms with Crippen molar-refractivity contribution in [3.63, 3.8) is 0 Å². The van der Waals surface area contributed by atoms with E-state index in [9.17, 15) is 5.26 Å². The first-order valence-electron chi connectivity index (χ1n) is 7.77. The van der Waals surface area contributed by atoms with E-state index in [4.69, 9.17) is 19.9 Å². The van der Waals surface area contributed by atoms with Crippen molar-refractivity contribution >= 4 is 11.5 Å². The highest BCUT2D eigenvalue weighted by Crippen LogP contribution is 2.46. The van der Waals surface area contributed by atoms with Gasteiger partial charge in [-0.2, -0.15) is 5.26 Å². The smallest absolute Gasteiger partial charge is 0.203 e. The van der Waals surface area contributed by atoms with E-state index in [1.165, 1.54) is 0 Å². The monoisotopic (exact) mass is 337 g/mol. The van der Waals surface area contributed by atoms with E-state index < -0.39 is 5.92 Å². The van der Waals surface area contributed by atoms with E-state index in [0.29, 0.717) is 23.1 Å². The Morgan fingerprint density at radius 2 is 1.68 bits per heavy atom. The Labute approximate surface area is 146 Å². The minimum absolute atomic E-state index is 0.271. The summed E-state index contributed by atoms with van der Waals surface area (Å²) >= 11 is 0. The lowest BCUT2D eigenvalue weighted by Crippen LogP contribution is -2.31. The largest absolute Gasteiger partial charge is 0.493 e. The minimum Gasteiger partial charge on any atom is -0.493 e. The average molecular weight is 337 g/mol. The number of methoxy groups -OCH3 is 3. The van der Waals surface area contributed by atoms with Gasteiger partial charge >= 0.3 is 0 Å². The molecule has 2 N–H and O–H groups in total. The first kappa shape index (κ1) is 16.7. The number of nitriles is 1. The fraction of sp³-hybridized carbons (Fsp3) is 0.263. The van der Waals surface area contributed by atoms with E-state index in [1.807, 2.05) is 36.4 Å². The van der Waals surface area contributed by atoms with Gasteiger partial charge in [0, 0.05) is 5.92 Å². The average Bonchev–Trinajstić information content (AvgIpc) is 2.65. The first-order chi connectivity index (χ1) is 12.1. The van der Waals surface area contributed by atoms with E-state index in [1.54, 1.807) is 21.3 Å². The van der Waals surface area contributed by atoms with Crippen LogP contribution in [0.3, 0.4) is 0 Å². The zero-order chi connectivity index (χ0) is 18.0. The number of rotatable bonds is 4. The lowest BCUT2D eigenvalue weighted by molar-refractivity contribution is 0.323. The van der Waals surface area contributed by atoms with Crippen molar-refractivity contribution in [3.05, 3.63) is 47.5 Å². The number of nitrogens with zero attached hydrogens (tertiary/aromatic N) is 2. The molecule has 0 bridgehead atoms. The van der Waals surface area contributed by atoms with Gasteiger partial charge in [-0.15, -0.1) is 0 Å². The third kappa shape index (κ3) is 2.74. The Morgan fingerprint density at radius 1 is 1.04 bits per heavy atom. The summed E-state index contributed by atoms with van der Waals surface area (Å²) in [4.78, 5) is 4.38. The highest BCUT2D eigenvalue weighted by atomic mass is 16.5. The van der Waals surface area contributed by atoms with Crippen LogP contribution in [0.25, 0.3) is 0 Å². The van der Waals surface area contributed by atoms with E-state index >= 15 is 0 Å². The molecule has 128 valence electrons. The van der Waals surface area contributed by atoms with Crippen LogP contribution in [0.2, 0.25) is 0 Å². The lowest BCUT2D eigenvalue weighted by Gasteiger charge is -2.28. The third-order valence-corrected chi connectivity index (χ3v) is 4.36. The van der Waals surface area contributed by atoms with Crippen LogP contribution < -0.4 is 19.9 Å². The van der Waals surface area contributed by atoms with Crippen molar-refractivity contribution in [1.82, 2.24) is 0 Å². The second-order valence-corrected chi connectivity index (χ2v) is 5.64. The van der Waals surface area contributed by atoms with Gasteiger partial charge in [-0.25, -0.2) is 4.99 Å². The lowest BCUT2D eigenvalue weighted by atomic mass is 9.78. The highest BCUT2D eigenvalue weighted by molar-refractivity contribution is 5.91. The van der Waals surface area contributed by atoms with Gasteiger partial charge in [0.15, 0.2) is 11.5 Å². The summed E-state index contributed by atoms with van der Waals surface area (Å²) in [6.45, 7) is 0. The molecule has 0 saturated heterocycles. The molecule has 0 aliphatic carbocycles. The second kappa shape index (κ2) is 6.73. The highest BCUT2D eigenvalue weighted by Gasteiger charge is 2.34. The number of ether oxygens (including phenoxy) is 3. The molecule has 2 unspecified atom stereocenters. The molecule has 2 aromatic carbocycles. The summed E-state index contributed by atoms with van der Waals surface area (Å²) in [7, 11) is 4.68. The summed E-state index contributed by atoms with van der Waals surface area (Å²) in [6.07, 6.45) is 0. The van der Waals surface area contributed by atoms with Gasteiger partial charge in [0.05, 0.1) is 33.1 Å². The van der Waals surface area contributed by atoms with Crippen molar-refractivity contribution < 1.29 is 14.2 Å². The van der Waals surface area contributed by atoms with Crippen LogP contribution in [0.15, 0.2) is 41.4 Å². The summed E-state index contributed by atoms with van der Waals surface area (Å²) in [6, 6.07) is 13.7. The Kier molecular flexibility index (Phi) is 4.48. The summed E-state index contributed by atoms with van der Waals surface area (Å²) in [5.41, 5.74) is 8.63. The Hall–Kier alpha value is -3.20. The molecule has 1 heterocycles. The first-order valence-corrected chi connectivity index (χ1v) is 7.77. The molecule has 6 heteroatoms. The normalized spacial score (nSPS) is 18.6. The van der Waals surface area contributed by atoms with E-state index in [0.717, 1.165) is 16.8 Å². The van der Waals surface area contributed by atoms with Crippen LogP contribution in [0.1, 0.15) is 17.0 Å². The number of benzene rings is 2. The van der Waals surface area contributed by atoms with Crippen LogP contribution in [0, 0.1) is 17.2 Å². The third-order valence-electron chi connectivity index (χ3n) is 4.36. The van der Waals surface area contributed by atoms with Crippen molar-refractivity contribution in [3.8, 4) is 23.3 Å². The minimum atomic E-state index is -0.572. The number of aliphatic imine (C=N–C) groups is 1. The standard InChI is InChI=1S/C19H19N3O3/c1-23-15-8-11(9-16(24-2)18(15)25-3)17-12-6-4-5-7-14(12)22-19(21)13(17)10-20/h4-9,13,17H,1-3H3,(H2,21,22). The number of nitrogens with two attached hydrogens (primary N) is 1. The van der Waals surface area contributed by atoms with Crippen LogP contribution in [0.4, 0.5) is 5.69 Å². The van der Waals surface area contributed by atoms with Crippen LogP contribution in [0.5, 0.6) is 17.2 Å². The van der Waals surface area contributed by atoms with Crippen LogP contribution >= 0.6 is 0 Å².